The van der Waals surface area contributed by atoms with Crippen LogP contribution in [0.5, 0.6) is 0 Å². The molecule has 0 aliphatic heterocycles. The van der Waals surface area contributed by atoms with E-state index in [0.717, 1.165) is 65.3 Å². The van der Waals surface area contributed by atoms with E-state index >= 15 is 0 Å². The van der Waals surface area contributed by atoms with Crippen molar-refractivity contribution in [2.24, 2.45) is 0 Å². The molecule has 0 bridgehead atoms. The van der Waals surface area contributed by atoms with E-state index in [1.807, 2.05) is 136 Å². The first kappa shape index (κ1) is 44.9. The third kappa shape index (κ3) is 8.87. The van der Waals surface area contributed by atoms with Crippen LogP contribution >= 0.6 is 0 Å². The summed E-state index contributed by atoms with van der Waals surface area (Å²) in [5.41, 5.74) is 5.41. The molecule has 0 aromatic heterocycles. The molecule has 334 valence electrons. The van der Waals surface area contributed by atoms with Crippen molar-refractivity contribution >= 4 is 67.1 Å². The molecule has 4 amide bonds. The van der Waals surface area contributed by atoms with Crippen molar-refractivity contribution < 1.29 is 29.0 Å². The number of hydrogen-bond acceptors (Lipinski definition) is 5. The fourth-order valence-electron chi connectivity index (χ4n) is 9.08. The van der Waals surface area contributed by atoms with Crippen molar-refractivity contribution in [3.05, 3.63) is 179 Å². The molecule has 0 atom stereocenters. The Kier molecular flexibility index (Phi) is 12.5. The van der Waals surface area contributed by atoms with E-state index in [4.69, 9.17) is 4.74 Å². The van der Waals surface area contributed by atoms with Crippen LogP contribution in [0.25, 0.3) is 54.2 Å². The van der Waals surface area contributed by atoms with Gasteiger partial charge in [-0.1, -0.05) is 133 Å². The molecule has 10 heteroatoms. The van der Waals surface area contributed by atoms with Gasteiger partial charge in [-0.15, -0.1) is 0 Å². The number of carbonyl (C=O) groups excluding carboxylic acids is 3. The second-order valence-corrected chi connectivity index (χ2v) is 18.0. The van der Waals surface area contributed by atoms with Crippen LogP contribution in [0.3, 0.4) is 0 Å². The molecule has 0 saturated heterocycles. The highest BCUT2D eigenvalue weighted by atomic mass is 16.6. The molecule has 10 nitrogen and oxygen atoms in total. The maximum atomic E-state index is 14.8. The average molecular weight is 879 g/mol. The Hall–Kier alpha value is -7.72. The van der Waals surface area contributed by atoms with Gasteiger partial charge in [-0.3, -0.25) is 9.59 Å². The van der Waals surface area contributed by atoms with Crippen LogP contribution in [-0.4, -0.2) is 82.5 Å². The van der Waals surface area contributed by atoms with Gasteiger partial charge in [0.1, 0.15) is 5.60 Å². The van der Waals surface area contributed by atoms with Gasteiger partial charge in [-0.25, -0.2) is 9.59 Å². The number of carbonyl (C=O) groups is 4. The third-order valence-corrected chi connectivity index (χ3v) is 12.2. The summed E-state index contributed by atoms with van der Waals surface area (Å²) in [6.45, 7) is 6.68. The van der Waals surface area contributed by atoms with Crippen LogP contribution < -0.4 is 0 Å². The second kappa shape index (κ2) is 18.4. The maximum Gasteiger partial charge on any atom is 0.410 e. The molecule has 8 aromatic rings. The van der Waals surface area contributed by atoms with E-state index in [2.05, 4.69) is 24.3 Å². The van der Waals surface area contributed by atoms with Gasteiger partial charge in [-0.2, -0.15) is 0 Å². The van der Waals surface area contributed by atoms with Gasteiger partial charge in [0.25, 0.3) is 11.8 Å². The van der Waals surface area contributed by atoms with E-state index in [1.165, 1.54) is 4.90 Å². The van der Waals surface area contributed by atoms with Gasteiger partial charge in [0.05, 0.1) is 0 Å². The molecule has 0 heterocycles. The quantitative estimate of drug-likeness (QED) is 0.130. The van der Waals surface area contributed by atoms with Crippen LogP contribution in [0.2, 0.25) is 0 Å². The van der Waals surface area contributed by atoms with Gasteiger partial charge in [0.15, 0.2) is 0 Å². The Balaban J connectivity index is 1.11. The topological polar surface area (TPSA) is 111 Å². The molecule has 66 heavy (non-hydrogen) atoms. The van der Waals surface area contributed by atoms with E-state index in [-0.39, 0.29) is 24.9 Å². The molecule has 8 rings (SSSR count). The molecule has 0 aliphatic rings. The highest BCUT2D eigenvalue weighted by Gasteiger charge is 2.26. The Morgan fingerprint density at radius 1 is 0.409 bits per heavy atom. The first-order valence-electron chi connectivity index (χ1n) is 22.0. The zero-order valence-electron chi connectivity index (χ0n) is 38.5. The van der Waals surface area contributed by atoms with Gasteiger partial charge in [0.2, 0.25) is 0 Å². The Bertz CT molecular complexity index is 3080. The number of benzene rings is 8. The van der Waals surface area contributed by atoms with E-state index in [1.54, 1.807) is 49.0 Å². The first-order chi connectivity index (χ1) is 31.6. The molecule has 0 spiro atoms. The highest BCUT2D eigenvalue weighted by Crippen LogP contribution is 2.38. The fourth-order valence-corrected chi connectivity index (χ4v) is 9.08. The van der Waals surface area contributed by atoms with Crippen LogP contribution in [0.4, 0.5) is 9.59 Å². The summed E-state index contributed by atoms with van der Waals surface area (Å²) in [6, 6.07) is 46.9. The van der Waals surface area contributed by atoms with E-state index in [0.29, 0.717) is 35.3 Å². The number of nitrogens with zero attached hydrogens (tertiary/aromatic N) is 4. The Morgan fingerprint density at radius 2 is 0.667 bits per heavy atom. The standard InChI is InChI=1S/C56H54N4O6/c1-56(2,3)66-55(65)60(7)35-51-44-28-14-10-24-40(44)49(41-25-11-15-29-45(41)51)33-58(5)53(62)47-31-19-17-21-37(47)36-20-16-18-30-46(36)52(61)57(4)32-48-38-22-8-12-26-42(38)50(34-59(6)54(63)64)43-27-13-9-23-39(43)48/h8-31H,32-35H2,1-7H3,(H,63,64). The monoisotopic (exact) mass is 878 g/mol. The van der Waals surface area contributed by atoms with E-state index < -0.39 is 17.8 Å². The van der Waals surface area contributed by atoms with Crippen LogP contribution in [-0.2, 0) is 30.9 Å². The minimum Gasteiger partial charge on any atom is -0.465 e. The van der Waals surface area contributed by atoms with Crippen LogP contribution in [0.1, 0.15) is 63.7 Å². The fraction of sp³-hybridized carbons (Fsp3) is 0.214. The maximum absolute atomic E-state index is 14.8. The highest BCUT2D eigenvalue weighted by molar-refractivity contribution is 6.10. The van der Waals surface area contributed by atoms with Crippen molar-refractivity contribution in [2.45, 2.75) is 52.6 Å². The Labute approximate surface area is 385 Å². The van der Waals surface area contributed by atoms with Gasteiger partial charge in [-0.05, 0) is 109 Å². The molecule has 0 radical (unpaired) electrons. The minimum atomic E-state index is -1.01. The Morgan fingerprint density at radius 3 is 0.955 bits per heavy atom. The number of fused-ring (bicyclic) bond motifs is 4. The minimum absolute atomic E-state index is 0.199. The van der Waals surface area contributed by atoms with Crippen LogP contribution in [0, 0.1) is 0 Å². The summed E-state index contributed by atoms with van der Waals surface area (Å²) in [7, 11) is 6.90. The number of hydrogen-bond donors (Lipinski definition) is 1. The molecule has 0 unspecified atom stereocenters. The second-order valence-electron chi connectivity index (χ2n) is 18.0. The normalized spacial score (nSPS) is 11.5. The van der Waals surface area contributed by atoms with Crippen molar-refractivity contribution in [3.8, 4) is 11.1 Å². The molecule has 1 N–H and O–H groups in total. The van der Waals surface area contributed by atoms with Crippen molar-refractivity contribution in [1.29, 1.82) is 0 Å². The summed E-state index contributed by atoms with van der Waals surface area (Å²) in [5, 5.41) is 17.4. The zero-order chi connectivity index (χ0) is 46.9. The lowest BCUT2D eigenvalue weighted by atomic mass is 9.90. The lowest BCUT2D eigenvalue weighted by Gasteiger charge is -2.27. The number of amides is 4. The lowest BCUT2D eigenvalue weighted by Crippen LogP contribution is -2.34. The van der Waals surface area contributed by atoms with Gasteiger partial charge in [0, 0.05) is 65.5 Å². The molecule has 8 aromatic carbocycles. The molecule has 0 fully saturated rings. The first-order valence-corrected chi connectivity index (χ1v) is 22.0. The van der Waals surface area contributed by atoms with Crippen molar-refractivity contribution in [1.82, 2.24) is 19.6 Å². The number of rotatable bonds is 11. The molecular weight excluding hydrogens is 825 g/mol. The van der Waals surface area contributed by atoms with Gasteiger partial charge < -0.3 is 29.4 Å². The SMILES string of the molecule is CN(Cc1c2ccccc2c(CN(C)C(=O)c2ccccc2-c2ccccc2C(=O)N(C)Cc2c3ccccc3c(CN(C)C(=O)OC(C)(C)C)c3ccccc23)c2ccccc12)C(=O)O. The van der Waals surface area contributed by atoms with E-state index in [9.17, 15) is 24.3 Å². The molecular formula is C56H54N4O6. The summed E-state index contributed by atoms with van der Waals surface area (Å²) >= 11 is 0. The zero-order valence-corrected chi connectivity index (χ0v) is 38.5. The summed E-state index contributed by atoms with van der Waals surface area (Å²) in [4.78, 5) is 60.9. The summed E-state index contributed by atoms with van der Waals surface area (Å²) in [5.74, 6) is -0.408. The average Bonchev–Trinajstić information content (AvgIpc) is 3.32. The predicted molar refractivity (Wildman–Crippen MR) is 264 cm³/mol. The van der Waals surface area contributed by atoms with Crippen LogP contribution in [0.15, 0.2) is 146 Å². The van der Waals surface area contributed by atoms with Crippen molar-refractivity contribution in [3.63, 3.8) is 0 Å². The summed E-state index contributed by atoms with van der Waals surface area (Å²) in [6.07, 6.45) is -1.42. The van der Waals surface area contributed by atoms with Crippen molar-refractivity contribution in [2.75, 3.05) is 28.2 Å². The number of carboxylic acid groups (broad SMARTS) is 1. The lowest BCUT2D eigenvalue weighted by molar-refractivity contribution is 0.0286. The largest absolute Gasteiger partial charge is 0.465 e. The molecule has 0 aliphatic carbocycles. The third-order valence-electron chi connectivity index (χ3n) is 12.2. The summed E-state index contributed by atoms with van der Waals surface area (Å²) < 4.78 is 5.69. The number of ether oxygens (including phenoxy) is 1. The smallest absolute Gasteiger partial charge is 0.410 e. The molecule has 0 saturated carbocycles. The van der Waals surface area contributed by atoms with Gasteiger partial charge >= 0.3 is 12.2 Å². The predicted octanol–water partition coefficient (Wildman–Crippen LogP) is 12.0.